The third-order valence-electron chi connectivity index (χ3n) is 4.92. The summed E-state index contributed by atoms with van der Waals surface area (Å²) in [5, 5.41) is 0. The number of nitrogens with zero attached hydrogens (tertiary/aromatic N) is 3. The molecular formula is C20H32FN3O. The van der Waals surface area contributed by atoms with E-state index in [1.807, 2.05) is 4.90 Å². The Hall–Kier alpha value is -1.46. The van der Waals surface area contributed by atoms with E-state index in [0.29, 0.717) is 18.9 Å². The van der Waals surface area contributed by atoms with Crippen LogP contribution in [0.2, 0.25) is 0 Å². The molecule has 2 rings (SSSR count). The maximum absolute atomic E-state index is 13.1. The number of carbonyl (C=O) groups is 1. The van der Waals surface area contributed by atoms with Gasteiger partial charge in [0.1, 0.15) is 5.82 Å². The van der Waals surface area contributed by atoms with Crippen molar-refractivity contribution in [2.24, 2.45) is 5.92 Å². The van der Waals surface area contributed by atoms with Crippen LogP contribution in [0.15, 0.2) is 24.3 Å². The Balaban J connectivity index is 2.06. The second kappa shape index (κ2) is 9.30. The molecule has 1 aromatic rings. The van der Waals surface area contributed by atoms with Gasteiger partial charge in [-0.2, -0.15) is 0 Å². The fourth-order valence-electron chi connectivity index (χ4n) is 3.41. The summed E-state index contributed by atoms with van der Waals surface area (Å²) in [5.74, 6) is 0.357. The van der Waals surface area contributed by atoms with Crippen molar-refractivity contribution in [1.29, 1.82) is 0 Å². The Kier molecular flexibility index (Phi) is 7.38. The quantitative estimate of drug-likeness (QED) is 0.757. The van der Waals surface area contributed by atoms with E-state index < -0.39 is 0 Å². The first kappa shape index (κ1) is 19.9. The van der Waals surface area contributed by atoms with Gasteiger partial charge in [0, 0.05) is 32.1 Å². The molecule has 1 fully saturated rings. The van der Waals surface area contributed by atoms with Crippen LogP contribution in [-0.4, -0.2) is 66.9 Å². The summed E-state index contributed by atoms with van der Waals surface area (Å²) in [6, 6.07) is 6.68. The van der Waals surface area contributed by atoms with Gasteiger partial charge in [-0.25, -0.2) is 4.39 Å². The fraction of sp³-hybridized carbons (Fsp3) is 0.650. The van der Waals surface area contributed by atoms with Crippen molar-refractivity contribution in [2.45, 2.75) is 39.3 Å². The normalized spacial score (nSPS) is 19.7. The molecule has 5 heteroatoms. The summed E-state index contributed by atoms with van der Waals surface area (Å²) in [7, 11) is 4.18. The zero-order chi connectivity index (χ0) is 18.4. The molecule has 1 saturated heterocycles. The lowest BCUT2D eigenvalue weighted by Gasteiger charge is -2.35. The second-order valence-corrected chi connectivity index (χ2v) is 7.67. The minimum Gasteiger partial charge on any atom is -0.334 e. The zero-order valence-electron chi connectivity index (χ0n) is 16.0. The Morgan fingerprint density at radius 2 is 1.92 bits per heavy atom. The van der Waals surface area contributed by atoms with Crippen LogP contribution in [0.4, 0.5) is 4.39 Å². The van der Waals surface area contributed by atoms with E-state index in [4.69, 9.17) is 0 Å². The van der Waals surface area contributed by atoms with Gasteiger partial charge in [0.2, 0.25) is 5.91 Å². The van der Waals surface area contributed by atoms with Crippen molar-refractivity contribution in [3.8, 4) is 0 Å². The molecule has 0 unspecified atom stereocenters. The number of amides is 1. The Labute approximate surface area is 151 Å². The molecular weight excluding hydrogens is 317 g/mol. The highest BCUT2D eigenvalue weighted by atomic mass is 19.1. The van der Waals surface area contributed by atoms with Crippen LogP contribution in [0.3, 0.4) is 0 Å². The van der Waals surface area contributed by atoms with E-state index >= 15 is 0 Å². The highest BCUT2D eigenvalue weighted by Gasteiger charge is 2.31. The van der Waals surface area contributed by atoms with Crippen molar-refractivity contribution < 1.29 is 9.18 Å². The van der Waals surface area contributed by atoms with E-state index in [9.17, 15) is 9.18 Å². The zero-order valence-corrected chi connectivity index (χ0v) is 16.0. The molecule has 1 aromatic carbocycles. The van der Waals surface area contributed by atoms with Crippen molar-refractivity contribution in [3.63, 3.8) is 0 Å². The number of hydrogen-bond donors (Lipinski definition) is 0. The van der Waals surface area contributed by atoms with Gasteiger partial charge in [-0.1, -0.05) is 26.0 Å². The maximum Gasteiger partial charge on any atom is 0.224 e. The van der Waals surface area contributed by atoms with Gasteiger partial charge in [-0.15, -0.1) is 0 Å². The molecule has 1 aliphatic rings. The molecule has 140 valence electrons. The smallest absolute Gasteiger partial charge is 0.224 e. The first-order chi connectivity index (χ1) is 11.9. The summed E-state index contributed by atoms with van der Waals surface area (Å²) in [4.78, 5) is 19.4. The summed E-state index contributed by atoms with van der Waals surface area (Å²) >= 11 is 0. The Morgan fingerprint density at radius 1 is 1.24 bits per heavy atom. The number of carbonyl (C=O) groups excluding carboxylic acids is 1. The van der Waals surface area contributed by atoms with Crippen molar-refractivity contribution in [3.05, 3.63) is 35.6 Å². The number of hydrogen-bond acceptors (Lipinski definition) is 3. The number of halogens is 1. The lowest BCUT2D eigenvalue weighted by atomic mass is 10.0. The largest absolute Gasteiger partial charge is 0.334 e. The highest BCUT2D eigenvalue weighted by Crippen LogP contribution is 2.21. The Morgan fingerprint density at radius 3 is 2.52 bits per heavy atom. The third kappa shape index (κ3) is 6.08. The van der Waals surface area contributed by atoms with Crippen molar-refractivity contribution in [1.82, 2.24) is 14.7 Å². The standard InChI is InChI=1S/C20H32FN3O/c1-16(2)19-15-23(12-5-11-22(3)4)13-10-20(25)24(19)14-17-6-8-18(21)9-7-17/h6-9,16,19H,5,10-15H2,1-4H3/t19-/m1/s1. The van der Waals surface area contributed by atoms with Gasteiger partial charge in [0.25, 0.3) is 0 Å². The maximum atomic E-state index is 13.1. The van der Waals surface area contributed by atoms with Crippen LogP contribution in [-0.2, 0) is 11.3 Å². The van der Waals surface area contributed by atoms with Crippen molar-refractivity contribution >= 4 is 5.91 Å². The van der Waals surface area contributed by atoms with Crippen LogP contribution < -0.4 is 0 Å². The fourth-order valence-corrected chi connectivity index (χ4v) is 3.41. The summed E-state index contributed by atoms with van der Waals surface area (Å²) in [6.45, 7) is 8.76. The third-order valence-corrected chi connectivity index (χ3v) is 4.92. The molecule has 0 aliphatic carbocycles. The van der Waals surface area contributed by atoms with Crippen LogP contribution in [0, 0.1) is 11.7 Å². The monoisotopic (exact) mass is 349 g/mol. The molecule has 0 bridgehead atoms. The van der Waals surface area contributed by atoms with E-state index in [2.05, 4.69) is 37.7 Å². The number of benzene rings is 1. The molecule has 1 aliphatic heterocycles. The van der Waals surface area contributed by atoms with Crippen LogP contribution in [0.5, 0.6) is 0 Å². The minimum atomic E-state index is -0.238. The molecule has 1 atom stereocenters. The van der Waals surface area contributed by atoms with Gasteiger partial charge in [-0.3, -0.25) is 4.79 Å². The van der Waals surface area contributed by atoms with Gasteiger partial charge in [-0.05, 0) is 57.2 Å². The molecule has 0 N–H and O–H groups in total. The van der Waals surface area contributed by atoms with Crippen LogP contribution >= 0.6 is 0 Å². The summed E-state index contributed by atoms with van der Waals surface area (Å²) < 4.78 is 13.1. The van der Waals surface area contributed by atoms with E-state index in [1.165, 1.54) is 12.1 Å². The molecule has 0 aromatic heterocycles. The first-order valence-corrected chi connectivity index (χ1v) is 9.28. The summed E-state index contributed by atoms with van der Waals surface area (Å²) in [5.41, 5.74) is 0.987. The Bertz CT molecular complexity index is 544. The lowest BCUT2D eigenvalue weighted by Crippen LogP contribution is -2.46. The molecule has 25 heavy (non-hydrogen) atoms. The first-order valence-electron chi connectivity index (χ1n) is 9.28. The average molecular weight is 349 g/mol. The van der Waals surface area contributed by atoms with Crippen molar-refractivity contribution in [2.75, 3.05) is 40.3 Å². The van der Waals surface area contributed by atoms with Gasteiger partial charge in [0.15, 0.2) is 0 Å². The highest BCUT2D eigenvalue weighted by molar-refractivity contribution is 5.77. The van der Waals surface area contributed by atoms with E-state index in [1.54, 1.807) is 12.1 Å². The molecule has 1 amide bonds. The SMILES string of the molecule is CC(C)[C@H]1CN(CCCN(C)C)CCC(=O)N1Cc1ccc(F)cc1. The predicted octanol–water partition coefficient (Wildman–Crippen LogP) is 2.84. The molecule has 4 nitrogen and oxygen atoms in total. The molecule has 0 radical (unpaired) electrons. The van der Waals surface area contributed by atoms with E-state index in [0.717, 1.165) is 38.2 Å². The van der Waals surface area contributed by atoms with Gasteiger partial charge >= 0.3 is 0 Å². The van der Waals surface area contributed by atoms with Crippen LogP contribution in [0.1, 0.15) is 32.3 Å². The molecule has 0 spiro atoms. The van der Waals surface area contributed by atoms with E-state index in [-0.39, 0.29) is 17.8 Å². The summed E-state index contributed by atoms with van der Waals surface area (Å²) in [6.07, 6.45) is 1.68. The predicted molar refractivity (Wildman–Crippen MR) is 99.8 cm³/mol. The number of rotatable bonds is 7. The minimum absolute atomic E-state index is 0.194. The lowest BCUT2D eigenvalue weighted by molar-refractivity contribution is -0.134. The van der Waals surface area contributed by atoms with Gasteiger partial charge in [0.05, 0.1) is 0 Å². The second-order valence-electron chi connectivity index (χ2n) is 7.67. The molecule has 1 heterocycles. The van der Waals surface area contributed by atoms with Crippen LogP contribution in [0.25, 0.3) is 0 Å². The van der Waals surface area contributed by atoms with Gasteiger partial charge < -0.3 is 14.7 Å². The molecule has 0 saturated carbocycles. The average Bonchev–Trinajstić information content (AvgIpc) is 2.70. The topological polar surface area (TPSA) is 26.8 Å².